The summed E-state index contributed by atoms with van der Waals surface area (Å²) in [7, 11) is -0.462. The van der Waals surface area contributed by atoms with Gasteiger partial charge >= 0.3 is 0 Å². The lowest BCUT2D eigenvalue weighted by atomic mass is 10.2. The molecular formula is C15H24N2O3S. The normalized spacial score (nSPS) is 15.7. The van der Waals surface area contributed by atoms with E-state index in [-0.39, 0.29) is 10.9 Å². The highest BCUT2D eigenvalue weighted by Gasteiger charge is 2.27. The summed E-state index contributed by atoms with van der Waals surface area (Å²) in [6.07, 6.45) is 2.41. The van der Waals surface area contributed by atoms with Crippen molar-refractivity contribution in [2.24, 2.45) is 0 Å². The lowest BCUT2D eigenvalue weighted by molar-refractivity contribution is 0.387. The number of hydrogen-bond acceptors (Lipinski definition) is 4. The third-order valence-electron chi connectivity index (χ3n) is 3.78. The Morgan fingerprint density at radius 1 is 1.38 bits per heavy atom. The molecule has 1 saturated carbocycles. The first-order valence-electron chi connectivity index (χ1n) is 7.24. The molecule has 0 unspecified atom stereocenters. The maximum absolute atomic E-state index is 12.7. The van der Waals surface area contributed by atoms with Gasteiger partial charge in [0.05, 0.1) is 7.11 Å². The fourth-order valence-corrected chi connectivity index (χ4v) is 3.59. The van der Waals surface area contributed by atoms with Crippen LogP contribution in [0.1, 0.15) is 32.3 Å². The highest BCUT2D eigenvalue weighted by molar-refractivity contribution is 7.89. The number of nitrogens with zero attached hydrogens (tertiary/aromatic N) is 1. The van der Waals surface area contributed by atoms with E-state index >= 15 is 0 Å². The smallest absolute Gasteiger partial charge is 0.246 e. The molecule has 0 aliphatic heterocycles. The van der Waals surface area contributed by atoms with Crippen molar-refractivity contribution in [1.82, 2.24) is 9.62 Å². The Morgan fingerprint density at radius 2 is 2.05 bits per heavy atom. The second-order valence-corrected chi connectivity index (χ2v) is 7.72. The van der Waals surface area contributed by atoms with Crippen LogP contribution >= 0.6 is 0 Å². The van der Waals surface area contributed by atoms with Crippen molar-refractivity contribution >= 4 is 10.0 Å². The summed E-state index contributed by atoms with van der Waals surface area (Å²) in [5.41, 5.74) is 0.957. The van der Waals surface area contributed by atoms with E-state index < -0.39 is 10.0 Å². The molecule has 0 aromatic heterocycles. The molecule has 21 heavy (non-hydrogen) atoms. The Balaban J connectivity index is 2.32. The van der Waals surface area contributed by atoms with Crippen LogP contribution in [-0.4, -0.2) is 39.0 Å². The lowest BCUT2D eigenvalue weighted by Crippen LogP contribution is -2.33. The van der Waals surface area contributed by atoms with E-state index in [1.54, 1.807) is 19.2 Å². The summed E-state index contributed by atoms with van der Waals surface area (Å²) >= 11 is 0. The number of methoxy groups -OCH3 is 1. The molecule has 5 nitrogen and oxygen atoms in total. The molecule has 0 atom stereocenters. The molecule has 0 spiro atoms. The van der Waals surface area contributed by atoms with Gasteiger partial charge in [-0.1, -0.05) is 6.07 Å². The Bertz CT molecular complexity index is 595. The molecule has 1 N–H and O–H groups in total. The van der Waals surface area contributed by atoms with Crippen LogP contribution in [0.5, 0.6) is 5.75 Å². The van der Waals surface area contributed by atoms with Crippen molar-refractivity contribution in [1.29, 1.82) is 0 Å². The summed E-state index contributed by atoms with van der Waals surface area (Å²) < 4.78 is 32.0. The van der Waals surface area contributed by atoms with E-state index in [4.69, 9.17) is 4.74 Å². The first-order chi connectivity index (χ1) is 9.86. The minimum atomic E-state index is -3.55. The summed E-state index contributed by atoms with van der Waals surface area (Å²) in [4.78, 5) is 0.233. The molecule has 1 aliphatic rings. The second kappa shape index (κ2) is 6.34. The van der Waals surface area contributed by atoms with Gasteiger partial charge in [0.1, 0.15) is 10.6 Å². The van der Waals surface area contributed by atoms with Crippen LogP contribution in [-0.2, 0) is 16.6 Å². The van der Waals surface area contributed by atoms with Crippen molar-refractivity contribution in [3.63, 3.8) is 0 Å². The van der Waals surface area contributed by atoms with E-state index in [1.807, 2.05) is 19.9 Å². The number of sulfonamides is 1. The van der Waals surface area contributed by atoms with Crippen LogP contribution in [0.25, 0.3) is 0 Å². The third-order valence-corrected chi connectivity index (χ3v) is 5.84. The van der Waals surface area contributed by atoms with Gasteiger partial charge < -0.3 is 10.1 Å². The van der Waals surface area contributed by atoms with Gasteiger partial charge in [0.2, 0.25) is 10.0 Å². The molecule has 2 rings (SSSR count). The van der Waals surface area contributed by atoms with Gasteiger partial charge in [-0.15, -0.1) is 0 Å². The zero-order valence-electron chi connectivity index (χ0n) is 13.1. The van der Waals surface area contributed by atoms with E-state index in [1.165, 1.54) is 24.3 Å². The highest BCUT2D eigenvalue weighted by Crippen LogP contribution is 2.28. The lowest BCUT2D eigenvalue weighted by Gasteiger charge is -2.22. The number of ether oxygens (including phenoxy) is 1. The Kier molecular flexibility index (Phi) is 4.91. The quantitative estimate of drug-likeness (QED) is 0.836. The Hall–Kier alpha value is -1.11. The average molecular weight is 312 g/mol. The highest BCUT2D eigenvalue weighted by atomic mass is 32.2. The fraction of sp³-hybridized carbons (Fsp3) is 0.600. The molecule has 0 bridgehead atoms. The second-order valence-electron chi connectivity index (χ2n) is 5.76. The van der Waals surface area contributed by atoms with Gasteiger partial charge in [-0.25, -0.2) is 8.42 Å². The molecule has 0 heterocycles. The van der Waals surface area contributed by atoms with Gasteiger partial charge in [0.15, 0.2) is 0 Å². The monoisotopic (exact) mass is 312 g/mol. The van der Waals surface area contributed by atoms with E-state index in [9.17, 15) is 8.42 Å². The van der Waals surface area contributed by atoms with Crippen LogP contribution in [0.4, 0.5) is 0 Å². The van der Waals surface area contributed by atoms with Crippen molar-refractivity contribution in [3.8, 4) is 5.75 Å². The Morgan fingerprint density at radius 3 is 2.57 bits per heavy atom. The van der Waals surface area contributed by atoms with Crippen LogP contribution in [0, 0.1) is 0 Å². The molecule has 0 saturated heterocycles. The van der Waals surface area contributed by atoms with Crippen LogP contribution in [0.3, 0.4) is 0 Å². The zero-order chi connectivity index (χ0) is 15.6. The molecule has 1 aromatic rings. The summed E-state index contributed by atoms with van der Waals surface area (Å²) in [6, 6.07) is 5.83. The SMILES string of the molecule is COc1ccc(CNC2CC2)cc1S(=O)(=O)N(C)C(C)C. The van der Waals surface area contributed by atoms with E-state index in [2.05, 4.69) is 5.32 Å². The van der Waals surface area contributed by atoms with Gasteiger partial charge in [0, 0.05) is 25.7 Å². The first-order valence-corrected chi connectivity index (χ1v) is 8.68. The Labute approximate surface area is 127 Å². The molecule has 118 valence electrons. The molecule has 1 aliphatic carbocycles. The minimum Gasteiger partial charge on any atom is -0.495 e. The van der Waals surface area contributed by atoms with Crippen molar-refractivity contribution in [3.05, 3.63) is 23.8 Å². The number of nitrogens with one attached hydrogen (secondary N) is 1. The van der Waals surface area contributed by atoms with E-state index in [0.717, 1.165) is 5.56 Å². The first kappa shape index (κ1) is 16.3. The summed E-state index contributed by atoms with van der Waals surface area (Å²) in [5, 5.41) is 3.39. The van der Waals surface area contributed by atoms with E-state index in [0.29, 0.717) is 18.3 Å². The molecular weight excluding hydrogens is 288 g/mol. The fourth-order valence-electron chi connectivity index (χ4n) is 2.01. The largest absolute Gasteiger partial charge is 0.495 e. The zero-order valence-corrected chi connectivity index (χ0v) is 13.9. The van der Waals surface area contributed by atoms with Gasteiger partial charge in [0.25, 0.3) is 0 Å². The van der Waals surface area contributed by atoms with Gasteiger partial charge in [-0.05, 0) is 44.4 Å². The van der Waals surface area contributed by atoms with Crippen molar-refractivity contribution in [2.45, 2.75) is 50.2 Å². The molecule has 0 amide bonds. The molecule has 1 aromatic carbocycles. The predicted molar refractivity (Wildman–Crippen MR) is 82.9 cm³/mol. The molecule has 6 heteroatoms. The predicted octanol–water partition coefficient (Wildman–Crippen LogP) is 1.98. The summed E-state index contributed by atoms with van der Waals surface area (Å²) in [5.74, 6) is 0.387. The van der Waals surface area contributed by atoms with Gasteiger partial charge in [-0.2, -0.15) is 4.31 Å². The number of benzene rings is 1. The maximum Gasteiger partial charge on any atom is 0.246 e. The molecule has 0 radical (unpaired) electrons. The minimum absolute atomic E-state index is 0.104. The van der Waals surface area contributed by atoms with Crippen molar-refractivity contribution in [2.75, 3.05) is 14.2 Å². The standard InChI is InChI=1S/C15H24N2O3S/c1-11(2)17(3)21(18,19)15-9-12(5-8-14(15)20-4)10-16-13-6-7-13/h5,8-9,11,13,16H,6-7,10H2,1-4H3. The maximum atomic E-state index is 12.7. The van der Waals surface area contributed by atoms with Crippen LogP contribution in [0.2, 0.25) is 0 Å². The van der Waals surface area contributed by atoms with Crippen LogP contribution < -0.4 is 10.1 Å². The van der Waals surface area contributed by atoms with Crippen molar-refractivity contribution < 1.29 is 13.2 Å². The third kappa shape index (κ3) is 3.75. The number of hydrogen-bond donors (Lipinski definition) is 1. The topological polar surface area (TPSA) is 58.6 Å². The van der Waals surface area contributed by atoms with Gasteiger partial charge in [-0.3, -0.25) is 0 Å². The number of rotatable bonds is 7. The average Bonchev–Trinajstić information content (AvgIpc) is 3.28. The summed E-state index contributed by atoms with van der Waals surface area (Å²) in [6.45, 7) is 4.38. The van der Waals surface area contributed by atoms with Crippen LogP contribution in [0.15, 0.2) is 23.1 Å². The molecule has 1 fully saturated rings.